The van der Waals surface area contributed by atoms with Crippen molar-refractivity contribution in [2.24, 2.45) is 13.0 Å². The molecule has 0 bridgehead atoms. The zero-order valence-corrected chi connectivity index (χ0v) is 17.4. The molecule has 1 aromatic heterocycles. The first kappa shape index (κ1) is 20.0. The van der Waals surface area contributed by atoms with Crippen molar-refractivity contribution in [3.63, 3.8) is 0 Å². The molecule has 1 N–H and O–H groups in total. The minimum Gasteiger partial charge on any atom is -0.495 e. The second-order valence-corrected chi connectivity index (χ2v) is 7.96. The van der Waals surface area contributed by atoms with Gasteiger partial charge in [-0.05, 0) is 48.2 Å². The number of rotatable bonds is 6. The van der Waals surface area contributed by atoms with Crippen LogP contribution in [0.3, 0.4) is 0 Å². The second-order valence-electron chi connectivity index (χ2n) is 6.92. The maximum Gasteiger partial charge on any atom is 0.229 e. The molecule has 1 atom stereocenters. The fourth-order valence-electron chi connectivity index (χ4n) is 3.29. The van der Waals surface area contributed by atoms with Crippen LogP contribution in [0.4, 0.5) is 11.4 Å². The summed E-state index contributed by atoms with van der Waals surface area (Å²) < 4.78 is 7.19. The first-order valence-corrected chi connectivity index (χ1v) is 10.2. The smallest absolute Gasteiger partial charge is 0.229 e. The van der Waals surface area contributed by atoms with Gasteiger partial charge in [-0.25, -0.2) is 0 Å². The van der Waals surface area contributed by atoms with Gasteiger partial charge >= 0.3 is 0 Å². The Labute approximate surface area is 178 Å². The SMILES string of the molecule is COc1ccccc1N1CC(C(=O)Nc2ccc(Sc3nncn3C)cc2)CC1=O. The number of anilines is 2. The number of carbonyl (C=O) groups is 2. The number of nitrogens with zero attached hydrogens (tertiary/aromatic N) is 4. The molecule has 154 valence electrons. The summed E-state index contributed by atoms with van der Waals surface area (Å²) >= 11 is 1.49. The molecule has 4 rings (SSSR count). The van der Waals surface area contributed by atoms with Gasteiger partial charge in [0.05, 0.1) is 18.7 Å². The van der Waals surface area contributed by atoms with Gasteiger partial charge in [0, 0.05) is 30.6 Å². The average molecular weight is 423 g/mol. The van der Waals surface area contributed by atoms with Crippen molar-refractivity contribution in [3.8, 4) is 5.75 Å². The van der Waals surface area contributed by atoms with Crippen molar-refractivity contribution in [2.45, 2.75) is 16.5 Å². The highest BCUT2D eigenvalue weighted by Crippen LogP contribution is 2.33. The van der Waals surface area contributed by atoms with Crippen LogP contribution >= 0.6 is 11.8 Å². The largest absolute Gasteiger partial charge is 0.495 e. The van der Waals surface area contributed by atoms with E-state index in [2.05, 4.69) is 15.5 Å². The molecule has 3 aromatic rings. The molecule has 2 heterocycles. The van der Waals surface area contributed by atoms with Crippen LogP contribution in [0.5, 0.6) is 5.75 Å². The topological polar surface area (TPSA) is 89.3 Å². The number of methoxy groups -OCH3 is 1. The third-order valence-corrected chi connectivity index (χ3v) is 5.93. The van der Waals surface area contributed by atoms with Gasteiger partial charge in [-0.15, -0.1) is 10.2 Å². The normalized spacial score (nSPS) is 16.0. The van der Waals surface area contributed by atoms with E-state index in [9.17, 15) is 9.59 Å². The fourth-order valence-corrected chi connectivity index (χ4v) is 4.05. The summed E-state index contributed by atoms with van der Waals surface area (Å²) in [4.78, 5) is 27.8. The van der Waals surface area contributed by atoms with Crippen molar-refractivity contribution >= 4 is 35.0 Å². The van der Waals surface area contributed by atoms with Gasteiger partial charge in [-0.3, -0.25) is 9.59 Å². The predicted molar refractivity (Wildman–Crippen MR) is 114 cm³/mol. The molecule has 1 fully saturated rings. The van der Waals surface area contributed by atoms with Gasteiger partial charge in [0.2, 0.25) is 11.8 Å². The summed E-state index contributed by atoms with van der Waals surface area (Å²) in [5.41, 5.74) is 1.37. The third-order valence-electron chi connectivity index (χ3n) is 4.87. The third kappa shape index (κ3) is 4.16. The van der Waals surface area contributed by atoms with Gasteiger partial charge in [-0.2, -0.15) is 0 Å². The fraction of sp³-hybridized carbons (Fsp3) is 0.238. The van der Waals surface area contributed by atoms with E-state index >= 15 is 0 Å². The summed E-state index contributed by atoms with van der Waals surface area (Å²) in [5.74, 6) is -0.0671. The number of amides is 2. The number of hydrogen-bond acceptors (Lipinski definition) is 6. The molecule has 30 heavy (non-hydrogen) atoms. The molecule has 2 amide bonds. The van der Waals surface area contributed by atoms with E-state index in [1.165, 1.54) is 11.8 Å². The first-order valence-electron chi connectivity index (χ1n) is 9.41. The van der Waals surface area contributed by atoms with Gasteiger partial charge in [0.1, 0.15) is 12.1 Å². The number of para-hydroxylation sites is 2. The lowest BCUT2D eigenvalue weighted by Gasteiger charge is -2.19. The maximum atomic E-state index is 12.7. The minimum atomic E-state index is -0.421. The van der Waals surface area contributed by atoms with Crippen molar-refractivity contribution in [1.29, 1.82) is 0 Å². The lowest BCUT2D eigenvalue weighted by atomic mass is 10.1. The van der Waals surface area contributed by atoms with Crippen LogP contribution in [-0.2, 0) is 16.6 Å². The van der Waals surface area contributed by atoms with E-state index in [0.717, 1.165) is 10.1 Å². The number of nitrogens with one attached hydrogen (secondary N) is 1. The second kappa shape index (κ2) is 8.58. The van der Waals surface area contributed by atoms with Crippen LogP contribution in [0.1, 0.15) is 6.42 Å². The summed E-state index contributed by atoms with van der Waals surface area (Å²) in [5, 5.41) is 11.6. The zero-order chi connectivity index (χ0) is 21.1. The number of carbonyl (C=O) groups excluding carboxylic acids is 2. The number of ether oxygens (including phenoxy) is 1. The van der Waals surface area contributed by atoms with Crippen molar-refractivity contribution in [2.75, 3.05) is 23.9 Å². The molecule has 1 unspecified atom stereocenters. The monoisotopic (exact) mass is 423 g/mol. The predicted octanol–water partition coefficient (Wildman–Crippen LogP) is 2.97. The van der Waals surface area contributed by atoms with Crippen molar-refractivity contribution < 1.29 is 14.3 Å². The highest BCUT2D eigenvalue weighted by Gasteiger charge is 2.36. The lowest BCUT2D eigenvalue weighted by Crippen LogP contribution is -2.28. The Bertz CT molecular complexity index is 1070. The molecular weight excluding hydrogens is 402 g/mol. The Hall–Kier alpha value is -3.33. The van der Waals surface area contributed by atoms with Gasteiger partial charge in [0.15, 0.2) is 5.16 Å². The Morgan fingerprint density at radius 3 is 2.67 bits per heavy atom. The summed E-state index contributed by atoms with van der Waals surface area (Å²) in [7, 11) is 3.45. The molecule has 0 spiro atoms. The Kier molecular flexibility index (Phi) is 5.71. The molecule has 1 saturated heterocycles. The maximum absolute atomic E-state index is 12.7. The Balaban J connectivity index is 1.39. The highest BCUT2D eigenvalue weighted by atomic mass is 32.2. The summed E-state index contributed by atoms with van der Waals surface area (Å²) in [6.07, 6.45) is 1.82. The van der Waals surface area contributed by atoms with Gasteiger partial charge in [-0.1, -0.05) is 12.1 Å². The van der Waals surface area contributed by atoms with Crippen LogP contribution < -0.4 is 15.0 Å². The van der Waals surface area contributed by atoms with Crippen LogP contribution in [0.2, 0.25) is 0 Å². The zero-order valence-electron chi connectivity index (χ0n) is 16.6. The molecule has 1 aliphatic rings. The van der Waals surface area contributed by atoms with E-state index < -0.39 is 5.92 Å². The highest BCUT2D eigenvalue weighted by molar-refractivity contribution is 7.99. The standard InChI is InChI=1S/C21H21N5O3S/c1-25-13-22-24-21(25)30-16-9-7-15(8-10-16)23-20(28)14-11-19(27)26(12-14)17-5-3-4-6-18(17)29-2/h3-10,13-14H,11-12H2,1-2H3,(H,23,28). The van der Waals surface area contributed by atoms with Gasteiger partial charge in [0.25, 0.3) is 0 Å². The van der Waals surface area contributed by atoms with Crippen LogP contribution in [-0.4, -0.2) is 40.2 Å². The summed E-state index contributed by atoms with van der Waals surface area (Å²) in [6.45, 7) is 0.325. The van der Waals surface area contributed by atoms with Crippen LogP contribution in [0.25, 0.3) is 0 Å². The van der Waals surface area contributed by atoms with Crippen molar-refractivity contribution in [1.82, 2.24) is 14.8 Å². The quantitative estimate of drug-likeness (QED) is 0.656. The average Bonchev–Trinajstić information content (AvgIpc) is 3.35. The molecule has 0 aliphatic carbocycles. The lowest BCUT2D eigenvalue weighted by molar-refractivity contribution is -0.122. The van der Waals surface area contributed by atoms with Crippen LogP contribution in [0.15, 0.2) is 64.9 Å². The number of aromatic nitrogens is 3. The Morgan fingerprint density at radius 1 is 1.20 bits per heavy atom. The van der Waals surface area contributed by atoms with E-state index in [-0.39, 0.29) is 18.2 Å². The molecular formula is C21H21N5O3S. The first-order chi connectivity index (χ1) is 14.5. The molecule has 0 radical (unpaired) electrons. The Morgan fingerprint density at radius 2 is 1.97 bits per heavy atom. The minimum absolute atomic E-state index is 0.0879. The molecule has 8 nitrogen and oxygen atoms in total. The van der Waals surface area contributed by atoms with Crippen molar-refractivity contribution in [3.05, 3.63) is 54.9 Å². The molecule has 2 aromatic carbocycles. The molecule has 9 heteroatoms. The van der Waals surface area contributed by atoms with E-state index in [1.54, 1.807) is 24.4 Å². The molecule has 0 saturated carbocycles. The van der Waals surface area contributed by atoms with E-state index in [4.69, 9.17) is 4.74 Å². The number of hydrogen-bond donors (Lipinski definition) is 1. The van der Waals surface area contributed by atoms with E-state index in [1.807, 2.05) is 54.1 Å². The number of benzene rings is 2. The summed E-state index contributed by atoms with van der Waals surface area (Å²) in [6, 6.07) is 14.8. The van der Waals surface area contributed by atoms with E-state index in [0.29, 0.717) is 23.7 Å². The molecule has 1 aliphatic heterocycles. The number of aryl methyl sites for hydroxylation is 1. The van der Waals surface area contributed by atoms with Gasteiger partial charge < -0.3 is 19.5 Å². The van der Waals surface area contributed by atoms with Crippen LogP contribution in [0, 0.1) is 5.92 Å².